The van der Waals surface area contributed by atoms with Gasteiger partial charge in [0, 0.05) is 32.4 Å². The molecule has 3 heterocycles. The largest absolute Gasteiger partial charge is 0.338 e. The summed E-state index contributed by atoms with van der Waals surface area (Å²) in [5.41, 5.74) is 1.38. The summed E-state index contributed by atoms with van der Waals surface area (Å²) in [6.45, 7) is 5.03. The number of carbonyl (C=O) groups is 1. The van der Waals surface area contributed by atoms with Crippen molar-refractivity contribution >= 4 is 5.91 Å². The molecule has 2 saturated heterocycles. The van der Waals surface area contributed by atoms with Gasteiger partial charge in [0.05, 0.1) is 0 Å². The molecule has 0 aliphatic carbocycles. The van der Waals surface area contributed by atoms with Gasteiger partial charge in [-0.2, -0.15) is 0 Å². The fraction of sp³-hybridized carbons (Fsp3) is 0.478. The van der Waals surface area contributed by atoms with E-state index in [1.165, 1.54) is 25.1 Å². The molecule has 148 valence electrons. The predicted octanol–water partition coefficient (Wildman–Crippen LogP) is 2.79. The normalized spacial score (nSPS) is 21.1. The Labute approximate surface area is 166 Å². The molecule has 0 radical (unpaired) electrons. The molecule has 0 spiro atoms. The van der Waals surface area contributed by atoms with Crippen molar-refractivity contribution in [3.8, 4) is 0 Å². The van der Waals surface area contributed by atoms with Crippen molar-refractivity contribution in [2.75, 3.05) is 32.7 Å². The second-order valence-corrected chi connectivity index (χ2v) is 8.13. The highest BCUT2D eigenvalue weighted by Crippen LogP contribution is 2.32. The van der Waals surface area contributed by atoms with Gasteiger partial charge in [-0.3, -0.25) is 9.59 Å². The monoisotopic (exact) mass is 379 g/mol. The molecule has 1 N–H and O–H groups in total. The van der Waals surface area contributed by atoms with Crippen LogP contribution in [0.5, 0.6) is 0 Å². The Hall–Kier alpha value is -2.40. The molecule has 2 aliphatic heterocycles. The Balaban J connectivity index is 1.25. The summed E-state index contributed by atoms with van der Waals surface area (Å²) >= 11 is 0. The summed E-state index contributed by atoms with van der Waals surface area (Å²) in [4.78, 5) is 31.5. The Bertz CT molecular complexity index is 840. The molecule has 2 aromatic rings. The van der Waals surface area contributed by atoms with Crippen LogP contribution in [0.1, 0.15) is 35.2 Å². The van der Waals surface area contributed by atoms with Crippen LogP contribution >= 0.6 is 0 Å². The molecule has 28 heavy (non-hydrogen) atoms. The lowest BCUT2D eigenvalue weighted by molar-refractivity contribution is 0.0657. The number of nitrogens with zero attached hydrogens (tertiary/aromatic N) is 2. The van der Waals surface area contributed by atoms with E-state index in [-0.39, 0.29) is 17.0 Å². The van der Waals surface area contributed by atoms with Crippen molar-refractivity contribution in [1.82, 2.24) is 14.8 Å². The van der Waals surface area contributed by atoms with Crippen molar-refractivity contribution in [1.29, 1.82) is 0 Å². The smallest absolute Gasteiger partial charge is 0.260 e. The number of benzene rings is 1. The zero-order valence-electron chi connectivity index (χ0n) is 16.3. The third-order valence-electron chi connectivity index (χ3n) is 6.41. The molecule has 1 atom stereocenters. The van der Waals surface area contributed by atoms with Crippen LogP contribution in [-0.4, -0.2) is 53.4 Å². The fourth-order valence-electron chi connectivity index (χ4n) is 4.72. The van der Waals surface area contributed by atoms with Crippen LogP contribution in [0.25, 0.3) is 0 Å². The SMILES string of the molecule is O=C(c1ccc[nH]c1=O)N1CCC(C2CCN(CCc3ccccc3)C2)CC1. The average molecular weight is 380 g/mol. The lowest BCUT2D eigenvalue weighted by atomic mass is 9.83. The van der Waals surface area contributed by atoms with Gasteiger partial charge in [-0.1, -0.05) is 30.3 Å². The van der Waals surface area contributed by atoms with Crippen LogP contribution in [0.15, 0.2) is 53.5 Å². The number of likely N-dealkylation sites (tertiary alicyclic amines) is 2. The number of hydrogen-bond acceptors (Lipinski definition) is 3. The Morgan fingerprint density at radius 3 is 2.46 bits per heavy atom. The summed E-state index contributed by atoms with van der Waals surface area (Å²) < 4.78 is 0. The highest BCUT2D eigenvalue weighted by molar-refractivity contribution is 5.93. The lowest BCUT2D eigenvalue weighted by Crippen LogP contribution is -2.42. The minimum Gasteiger partial charge on any atom is -0.338 e. The van der Waals surface area contributed by atoms with Gasteiger partial charge in [0.15, 0.2) is 0 Å². The van der Waals surface area contributed by atoms with Crippen molar-refractivity contribution in [2.45, 2.75) is 25.7 Å². The number of carbonyl (C=O) groups excluding carboxylic acids is 1. The maximum atomic E-state index is 12.6. The maximum absolute atomic E-state index is 12.6. The van der Waals surface area contributed by atoms with E-state index < -0.39 is 0 Å². The third-order valence-corrected chi connectivity index (χ3v) is 6.41. The second-order valence-electron chi connectivity index (χ2n) is 8.13. The first kappa shape index (κ1) is 18.9. The lowest BCUT2D eigenvalue weighted by Gasteiger charge is -2.34. The number of hydrogen-bond donors (Lipinski definition) is 1. The molecule has 0 bridgehead atoms. The van der Waals surface area contributed by atoms with E-state index in [0.29, 0.717) is 5.92 Å². The first-order chi connectivity index (χ1) is 13.7. The molecule has 1 unspecified atom stereocenters. The van der Waals surface area contributed by atoms with Gasteiger partial charge in [0.1, 0.15) is 5.56 Å². The van der Waals surface area contributed by atoms with Gasteiger partial charge < -0.3 is 14.8 Å². The molecule has 5 nitrogen and oxygen atoms in total. The van der Waals surface area contributed by atoms with E-state index in [9.17, 15) is 9.59 Å². The first-order valence-corrected chi connectivity index (χ1v) is 10.4. The fourth-order valence-corrected chi connectivity index (χ4v) is 4.72. The van der Waals surface area contributed by atoms with Crippen molar-refractivity contribution in [2.24, 2.45) is 11.8 Å². The Morgan fingerprint density at radius 1 is 0.964 bits per heavy atom. The molecule has 5 heteroatoms. The number of aromatic amines is 1. The summed E-state index contributed by atoms with van der Waals surface area (Å²) in [5.74, 6) is 1.31. The number of nitrogens with one attached hydrogen (secondary N) is 1. The summed E-state index contributed by atoms with van der Waals surface area (Å²) in [6.07, 6.45) is 6.05. The number of H-pyrrole nitrogens is 1. The number of pyridine rings is 1. The van der Waals surface area contributed by atoms with Crippen LogP contribution in [0, 0.1) is 11.8 Å². The number of aromatic nitrogens is 1. The Kier molecular flexibility index (Phi) is 5.91. The van der Waals surface area contributed by atoms with Gasteiger partial charge >= 0.3 is 0 Å². The highest BCUT2D eigenvalue weighted by atomic mass is 16.2. The quantitative estimate of drug-likeness (QED) is 0.869. The predicted molar refractivity (Wildman–Crippen MR) is 110 cm³/mol. The van der Waals surface area contributed by atoms with Crippen LogP contribution in [0.3, 0.4) is 0 Å². The van der Waals surface area contributed by atoms with Crippen molar-refractivity contribution < 1.29 is 4.79 Å². The zero-order valence-corrected chi connectivity index (χ0v) is 16.3. The Morgan fingerprint density at radius 2 is 1.71 bits per heavy atom. The van der Waals surface area contributed by atoms with E-state index in [4.69, 9.17) is 0 Å². The van der Waals surface area contributed by atoms with E-state index in [2.05, 4.69) is 40.2 Å². The highest BCUT2D eigenvalue weighted by Gasteiger charge is 2.33. The van der Waals surface area contributed by atoms with Gasteiger partial charge in [0.25, 0.3) is 11.5 Å². The summed E-state index contributed by atoms with van der Waals surface area (Å²) in [6, 6.07) is 14.0. The van der Waals surface area contributed by atoms with Crippen molar-refractivity contribution in [3.05, 3.63) is 70.1 Å². The van der Waals surface area contributed by atoms with Crippen LogP contribution in [0.4, 0.5) is 0 Å². The molecule has 1 amide bonds. The van der Waals surface area contributed by atoms with Gasteiger partial charge in [-0.15, -0.1) is 0 Å². The van der Waals surface area contributed by atoms with Crippen LogP contribution in [-0.2, 0) is 6.42 Å². The molecule has 2 aliphatic rings. The molecule has 2 fully saturated rings. The molecular formula is C23H29N3O2. The summed E-state index contributed by atoms with van der Waals surface area (Å²) in [7, 11) is 0. The number of piperidine rings is 1. The van der Waals surface area contributed by atoms with E-state index in [0.717, 1.165) is 44.8 Å². The van der Waals surface area contributed by atoms with Crippen LogP contribution < -0.4 is 5.56 Å². The molecule has 4 rings (SSSR count). The van der Waals surface area contributed by atoms with Gasteiger partial charge in [0.2, 0.25) is 0 Å². The minimum absolute atomic E-state index is 0.129. The summed E-state index contributed by atoms with van der Waals surface area (Å²) in [5, 5.41) is 0. The van der Waals surface area contributed by atoms with E-state index >= 15 is 0 Å². The van der Waals surface area contributed by atoms with Gasteiger partial charge in [-0.25, -0.2) is 0 Å². The van der Waals surface area contributed by atoms with E-state index in [1.54, 1.807) is 18.3 Å². The first-order valence-electron chi connectivity index (χ1n) is 10.4. The maximum Gasteiger partial charge on any atom is 0.260 e. The minimum atomic E-state index is -0.292. The standard InChI is InChI=1S/C23H29N3O2/c27-22-21(7-4-12-24-22)23(28)26-15-10-19(11-16-26)20-9-14-25(17-20)13-8-18-5-2-1-3-6-18/h1-7,12,19-20H,8-11,13-17H2,(H,24,27). The second kappa shape index (κ2) is 8.74. The zero-order chi connectivity index (χ0) is 19.3. The number of amides is 1. The average Bonchev–Trinajstić information content (AvgIpc) is 3.22. The topological polar surface area (TPSA) is 56.4 Å². The van der Waals surface area contributed by atoms with Gasteiger partial charge in [-0.05, 0) is 61.8 Å². The molecule has 0 saturated carbocycles. The van der Waals surface area contributed by atoms with Crippen LogP contribution in [0.2, 0.25) is 0 Å². The van der Waals surface area contributed by atoms with E-state index in [1.807, 2.05) is 4.90 Å². The molecular weight excluding hydrogens is 350 g/mol. The molecule has 1 aromatic carbocycles. The molecule has 1 aromatic heterocycles. The van der Waals surface area contributed by atoms with Crippen molar-refractivity contribution in [3.63, 3.8) is 0 Å². The number of rotatable bonds is 5. The third kappa shape index (κ3) is 4.36.